The fourth-order valence-corrected chi connectivity index (χ4v) is 2.65. The molecular weight excluding hydrogens is 252 g/mol. The van der Waals surface area contributed by atoms with Crippen molar-refractivity contribution in [1.29, 1.82) is 0 Å². The van der Waals surface area contributed by atoms with Gasteiger partial charge in [0.2, 0.25) is 0 Å². The van der Waals surface area contributed by atoms with E-state index in [1.807, 2.05) is 0 Å². The average molecular weight is 276 g/mol. The van der Waals surface area contributed by atoms with Gasteiger partial charge in [0.05, 0.1) is 0 Å². The van der Waals surface area contributed by atoms with Gasteiger partial charge in [-0.1, -0.05) is 25.7 Å². The molecule has 1 amide bonds. The molecule has 0 aliphatic heterocycles. The van der Waals surface area contributed by atoms with E-state index in [1.54, 1.807) is 12.1 Å². The van der Waals surface area contributed by atoms with Crippen LogP contribution in [0.15, 0.2) is 24.3 Å². The van der Waals surface area contributed by atoms with Crippen molar-refractivity contribution in [1.82, 2.24) is 10.6 Å². The molecule has 2 rings (SSSR count). The van der Waals surface area contributed by atoms with E-state index in [1.165, 1.54) is 50.7 Å². The first-order valence-corrected chi connectivity index (χ1v) is 7.56. The number of carbonyl (C=O) groups excluding carboxylic acids is 1. The van der Waals surface area contributed by atoms with E-state index < -0.39 is 0 Å². The fourth-order valence-electron chi connectivity index (χ4n) is 2.65. The highest BCUT2D eigenvalue weighted by molar-refractivity contribution is 5.94. The molecule has 0 unspecified atom stereocenters. The number of benzene rings is 1. The predicted octanol–water partition coefficient (Wildman–Crippen LogP) is 2.43. The number of nitrogens with one attached hydrogen (secondary N) is 2. The lowest BCUT2D eigenvalue weighted by Crippen LogP contribution is -2.36. The summed E-state index contributed by atoms with van der Waals surface area (Å²) in [4.78, 5) is 11.8. The molecule has 0 aromatic heterocycles. The minimum atomic E-state index is -0.0901. The summed E-state index contributed by atoms with van der Waals surface area (Å²) in [6.45, 7) is 1.45. The number of amides is 1. The second-order valence-electron chi connectivity index (χ2n) is 5.45. The Balaban J connectivity index is 1.65. The lowest BCUT2D eigenvalue weighted by Gasteiger charge is -2.16. The highest BCUT2D eigenvalue weighted by Gasteiger charge is 2.11. The average Bonchev–Trinajstić information content (AvgIpc) is 2.73. The van der Waals surface area contributed by atoms with Gasteiger partial charge in [-0.05, 0) is 37.1 Å². The molecule has 4 nitrogen and oxygen atoms in total. The Bertz CT molecular complexity index is 409. The van der Waals surface area contributed by atoms with E-state index in [-0.39, 0.29) is 11.7 Å². The molecule has 0 bridgehead atoms. The predicted molar refractivity (Wildman–Crippen MR) is 79.9 cm³/mol. The zero-order valence-electron chi connectivity index (χ0n) is 11.9. The Hall–Kier alpha value is -1.55. The van der Waals surface area contributed by atoms with Gasteiger partial charge in [0, 0.05) is 24.7 Å². The van der Waals surface area contributed by atoms with Crippen molar-refractivity contribution in [2.45, 2.75) is 44.6 Å². The normalized spacial score (nSPS) is 16.6. The van der Waals surface area contributed by atoms with Gasteiger partial charge in [0.1, 0.15) is 5.75 Å². The molecule has 4 heteroatoms. The van der Waals surface area contributed by atoms with Gasteiger partial charge in [-0.25, -0.2) is 0 Å². The first kappa shape index (κ1) is 14.9. The Kier molecular flexibility index (Phi) is 5.87. The van der Waals surface area contributed by atoms with Crippen LogP contribution in [-0.2, 0) is 0 Å². The molecule has 0 saturated heterocycles. The van der Waals surface area contributed by atoms with E-state index in [0.717, 1.165) is 6.54 Å². The lowest BCUT2D eigenvalue weighted by molar-refractivity contribution is 0.0953. The largest absolute Gasteiger partial charge is 0.508 e. The third kappa shape index (κ3) is 4.85. The summed E-state index contributed by atoms with van der Waals surface area (Å²) in [5.41, 5.74) is 0.581. The molecule has 3 N–H and O–H groups in total. The van der Waals surface area contributed by atoms with Crippen molar-refractivity contribution in [3.63, 3.8) is 0 Å². The van der Waals surface area contributed by atoms with Crippen LogP contribution in [0.3, 0.4) is 0 Å². The van der Waals surface area contributed by atoms with Crippen LogP contribution in [0.2, 0.25) is 0 Å². The summed E-state index contributed by atoms with van der Waals surface area (Å²) >= 11 is 0. The molecule has 1 aromatic rings. The Labute approximate surface area is 120 Å². The maximum atomic E-state index is 11.8. The quantitative estimate of drug-likeness (QED) is 0.572. The molecule has 1 aliphatic carbocycles. The van der Waals surface area contributed by atoms with E-state index >= 15 is 0 Å². The Morgan fingerprint density at radius 2 is 1.70 bits per heavy atom. The minimum absolute atomic E-state index is 0.0901. The van der Waals surface area contributed by atoms with Crippen molar-refractivity contribution in [2.24, 2.45) is 0 Å². The molecule has 110 valence electrons. The highest BCUT2D eigenvalue weighted by atomic mass is 16.3. The minimum Gasteiger partial charge on any atom is -0.508 e. The second-order valence-corrected chi connectivity index (χ2v) is 5.45. The number of carbonyl (C=O) groups is 1. The molecule has 0 radical (unpaired) electrons. The molecule has 1 saturated carbocycles. The van der Waals surface area contributed by atoms with Gasteiger partial charge in [-0.2, -0.15) is 0 Å². The smallest absolute Gasteiger partial charge is 0.251 e. The van der Waals surface area contributed by atoms with Gasteiger partial charge in [0.25, 0.3) is 5.91 Å². The van der Waals surface area contributed by atoms with E-state index in [4.69, 9.17) is 0 Å². The van der Waals surface area contributed by atoms with Crippen LogP contribution in [0.5, 0.6) is 5.75 Å². The summed E-state index contributed by atoms with van der Waals surface area (Å²) in [6, 6.07) is 6.92. The van der Waals surface area contributed by atoms with Crippen molar-refractivity contribution >= 4 is 5.91 Å². The number of aromatic hydroxyl groups is 1. The van der Waals surface area contributed by atoms with Crippen LogP contribution >= 0.6 is 0 Å². The number of phenolic OH excluding ortho intramolecular Hbond substituents is 1. The monoisotopic (exact) mass is 276 g/mol. The Morgan fingerprint density at radius 3 is 2.35 bits per heavy atom. The Morgan fingerprint density at radius 1 is 1.05 bits per heavy atom. The first-order chi connectivity index (χ1) is 9.75. The molecule has 0 heterocycles. The van der Waals surface area contributed by atoms with Crippen LogP contribution in [0.4, 0.5) is 0 Å². The molecule has 0 spiro atoms. The van der Waals surface area contributed by atoms with E-state index in [9.17, 15) is 9.90 Å². The maximum absolute atomic E-state index is 11.8. The molecule has 1 aliphatic rings. The SMILES string of the molecule is O=C(NCCNC1CCCCCC1)c1ccc(O)cc1. The van der Waals surface area contributed by atoms with Crippen molar-refractivity contribution < 1.29 is 9.90 Å². The van der Waals surface area contributed by atoms with Gasteiger partial charge in [-0.3, -0.25) is 4.79 Å². The lowest BCUT2D eigenvalue weighted by atomic mass is 10.1. The van der Waals surface area contributed by atoms with E-state index in [0.29, 0.717) is 18.2 Å². The van der Waals surface area contributed by atoms with Crippen molar-refractivity contribution in [3.05, 3.63) is 29.8 Å². The summed E-state index contributed by atoms with van der Waals surface area (Å²) in [5, 5.41) is 15.6. The zero-order chi connectivity index (χ0) is 14.2. The van der Waals surface area contributed by atoms with Gasteiger partial charge in [0.15, 0.2) is 0 Å². The number of rotatable bonds is 5. The second kappa shape index (κ2) is 7.90. The van der Waals surface area contributed by atoms with Gasteiger partial charge < -0.3 is 15.7 Å². The molecule has 0 atom stereocenters. The summed E-state index contributed by atoms with van der Waals surface area (Å²) in [6.07, 6.45) is 7.86. The maximum Gasteiger partial charge on any atom is 0.251 e. The van der Waals surface area contributed by atoms with Crippen LogP contribution < -0.4 is 10.6 Å². The van der Waals surface area contributed by atoms with E-state index in [2.05, 4.69) is 10.6 Å². The van der Waals surface area contributed by atoms with Crippen LogP contribution in [0.1, 0.15) is 48.9 Å². The topological polar surface area (TPSA) is 61.4 Å². The fraction of sp³-hybridized carbons (Fsp3) is 0.562. The van der Waals surface area contributed by atoms with Crippen LogP contribution in [-0.4, -0.2) is 30.1 Å². The van der Waals surface area contributed by atoms with Gasteiger partial charge in [-0.15, -0.1) is 0 Å². The summed E-state index contributed by atoms with van der Waals surface area (Å²) in [5.74, 6) is 0.0873. The van der Waals surface area contributed by atoms with Crippen LogP contribution in [0, 0.1) is 0 Å². The standard InChI is InChI=1S/C16H24N2O2/c19-15-9-7-13(8-10-15)16(20)18-12-11-17-14-5-3-1-2-4-6-14/h7-10,14,17,19H,1-6,11-12H2,(H,18,20). The third-order valence-electron chi connectivity index (χ3n) is 3.83. The first-order valence-electron chi connectivity index (χ1n) is 7.56. The van der Waals surface area contributed by atoms with Crippen molar-refractivity contribution in [3.8, 4) is 5.75 Å². The number of hydrogen-bond donors (Lipinski definition) is 3. The molecule has 20 heavy (non-hydrogen) atoms. The number of hydrogen-bond acceptors (Lipinski definition) is 3. The molecular formula is C16H24N2O2. The number of phenols is 1. The molecule has 1 aromatic carbocycles. The zero-order valence-corrected chi connectivity index (χ0v) is 11.9. The summed E-state index contributed by atoms with van der Waals surface area (Å²) < 4.78 is 0. The third-order valence-corrected chi connectivity index (χ3v) is 3.83. The van der Waals surface area contributed by atoms with Crippen LogP contribution in [0.25, 0.3) is 0 Å². The van der Waals surface area contributed by atoms with Gasteiger partial charge >= 0.3 is 0 Å². The summed E-state index contributed by atoms with van der Waals surface area (Å²) in [7, 11) is 0. The van der Waals surface area contributed by atoms with Crippen molar-refractivity contribution in [2.75, 3.05) is 13.1 Å². The highest BCUT2D eigenvalue weighted by Crippen LogP contribution is 2.16. The molecule has 1 fully saturated rings.